The van der Waals surface area contributed by atoms with Gasteiger partial charge in [-0.1, -0.05) is 30.3 Å². The monoisotopic (exact) mass is 447 g/mol. The van der Waals surface area contributed by atoms with Crippen LogP contribution in [0.15, 0.2) is 60.8 Å². The second kappa shape index (κ2) is 8.99. The van der Waals surface area contributed by atoms with Crippen molar-refractivity contribution in [3.63, 3.8) is 0 Å². The number of hydrogen-bond donors (Lipinski definition) is 1. The van der Waals surface area contributed by atoms with Gasteiger partial charge in [0.25, 0.3) is 0 Å². The first-order chi connectivity index (χ1) is 16.1. The number of carboxylic acids is 1. The van der Waals surface area contributed by atoms with Crippen LogP contribution in [0.3, 0.4) is 0 Å². The first-order valence-electron chi connectivity index (χ1n) is 10.8. The van der Waals surface area contributed by atoms with Crippen LogP contribution >= 0.6 is 0 Å². The van der Waals surface area contributed by atoms with Crippen molar-refractivity contribution >= 4 is 17.0 Å². The maximum absolute atomic E-state index is 15.1. The highest BCUT2D eigenvalue weighted by Crippen LogP contribution is 2.31. The summed E-state index contributed by atoms with van der Waals surface area (Å²) in [5.41, 5.74) is 1.74. The molecule has 168 valence electrons. The van der Waals surface area contributed by atoms with Gasteiger partial charge in [-0.2, -0.15) is 5.10 Å². The van der Waals surface area contributed by atoms with Crippen LogP contribution in [0.5, 0.6) is 5.75 Å². The zero-order valence-electron chi connectivity index (χ0n) is 17.8. The Morgan fingerprint density at radius 3 is 2.76 bits per heavy atom. The van der Waals surface area contributed by atoms with Gasteiger partial charge in [-0.3, -0.25) is 0 Å². The van der Waals surface area contributed by atoms with E-state index in [1.807, 2.05) is 30.3 Å². The molecule has 1 N–H and O–H groups in total. The molecule has 1 saturated heterocycles. The Balaban J connectivity index is 1.50. The summed E-state index contributed by atoms with van der Waals surface area (Å²) in [6.07, 6.45) is 3.87. The zero-order valence-corrected chi connectivity index (χ0v) is 17.8. The van der Waals surface area contributed by atoms with Crippen LogP contribution in [-0.2, 0) is 11.3 Å². The predicted octanol–water partition coefficient (Wildman–Crippen LogP) is 5.21. The van der Waals surface area contributed by atoms with Gasteiger partial charge in [0, 0.05) is 18.2 Å². The average Bonchev–Trinajstić information content (AvgIpc) is 3.27. The number of fused-ring (bicyclic) bond motifs is 1. The van der Waals surface area contributed by atoms with Crippen molar-refractivity contribution in [1.29, 1.82) is 0 Å². The van der Waals surface area contributed by atoms with Crippen molar-refractivity contribution in [2.24, 2.45) is 0 Å². The standard InChI is InChI=1S/C25H22FN3O4/c26-21-12-17(33-15-16-6-2-1-3-7-16)9-10-18(21)22-13-19(25(30)31)20-14-27-29(24(20)28-22)23-8-4-5-11-32-23/h1-3,6-7,9-10,12-14,23H,4-5,8,11,15H2,(H,30,31). The van der Waals surface area contributed by atoms with Gasteiger partial charge in [-0.05, 0) is 43.0 Å². The van der Waals surface area contributed by atoms with Crippen molar-refractivity contribution in [2.45, 2.75) is 32.1 Å². The molecule has 3 heterocycles. The SMILES string of the molecule is O=C(O)c1cc(-c2ccc(OCc3ccccc3)cc2F)nc2c1cnn2C1CCCCO1. The van der Waals surface area contributed by atoms with E-state index < -0.39 is 11.8 Å². The maximum Gasteiger partial charge on any atom is 0.336 e. The number of benzene rings is 2. The zero-order chi connectivity index (χ0) is 22.8. The predicted molar refractivity (Wildman–Crippen MR) is 119 cm³/mol. The van der Waals surface area contributed by atoms with E-state index in [4.69, 9.17) is 9.47 Å². The summed E-state index contributed by atoms with van der Waals surface area (Å²) in [7, 11) is 0. The Kier molecular flexibility index (Phi) is 5.75. The molecule has 0 radical (unpaired) electrons. The van der Waals surface area contributed by atoms with Gasteiger partial charge < -0.3 is 14.6 Å². The summed E-state index contributed by atoms with van der Waals surface area (Å²) in [6.45, 7) is 0.921. The summed E-state index contributed by atoms with van der Waals surface area (Å²) in [5, 5.41) is 14.5. The third-order valence-corrected chi connectivity index (χ3v) is 5.69. The lowest BCUT2D eigenvalue weighted by atomic mass is 10.1. The molecule has 0 aliphatic carbocycles. The lowest BCUT2D eigenvalue weighted by Crippen LogP contribution is -2.19. The number of hydrogen-bond acceptors (Lipinski definition) is 5. The van der Waals surface area contributed by atoms with E-state index in [2.05, 4.69) is 10.1 Å². The lowest BCUT2D eigenvalue weighted by molar-refractivity contribution is -0.0370. The third-order valence-electron chi connectivity index (χ3n) is 5.69. The normalized spacial score (nSPS) is 16.1. The van der Waals surface area contributed by atoms with Crippen LogP contribution in [0.25, 0.3) is 22.3 Å². The quantitative estimate of drug-likeness (QED) is 0.436. The molecule has 5 rings (SSSR count). The fraction of sp³-hybridized carbons (Fsp3) is 0.240. The number of ether oxygens (including phenoxy) is 2. The van der Waals surface area contributed by atoms with Crippen molar-refractivity contribution in [3.05, 3.63) is 77.7 Å². The van der Waals surface area contributed by atoms with Gasteiger partial charge in [-0.25, -0.2) is 18.9 Å². The van der Waals surface area contributed by atoms with E-state index in [9.17, 15) is 9.90 Å². The molecule has 1 atom stereocenters. The molecule has 8 heteroatoms. The minimum atomic E-state index is -1.13. The summed E-state index contributed by atoms with van der Waals surface area (Å²) >= 11 is 0. The van der Waals surface area contributed by atoms with E-state index in [1.54, 1.807) is 16.8 Å². The van der Waals surface area contributed by atoms with Gasteiger partial charge in [0.2, 0.25) is 0 Å². The number of halogens is 1. The number of carbonyl (C=O) groups is 1. The summed E-state index contributed by atoms with van der Waals surface area (Å²) in [6, 6.07) is 15.4. The number of rotatable bonds is 6. The van der Waals surface area contributed by atoms with E-state index in [-0.39, 0.29) is 23.0 Å². The Morgan fingerprint density at radius 2 is 2.03 bits per heavy atom. The highest BCUT2D eigenvalue weighted by molar-refractivity contribution is 6.02. The fourth-order valence-corrected chi connectivity index (χ4v) is 3.99. The van der Waals surface area contributed by atoms with Gasteiger partial charge >= 0.3 is 5.97 Å². The molecular weight excluding hydrogens is 425 g/mol. The minimum Gasteiger partial charge on any atom is -0.489 e. The van der Waals surface area contributed by atoms with Gasteiger partial charge in [0.1, 0.15) is 18.2 Å². The Morgan fingerprint density at radius 1 is 1.18 bits per heavy atom. The molecule has 4 aromatic rings. The van der Waals surface area contributed by atoms with E-state index in [0.717, 1.165) is 24.8 Å². The van der Waals surface area contributed by atoms with E-state index in [1.165, 1.54) is 18.3 Å². The molecule has 0 amide bonds. The molecular formula is C25H22FN3O4. The minimum absolute atomic E-state index is 0.0147. The van der Waals surface area contributed by atoms with Gasteiger partial charge in [0.15, 0.2) is 11.9 Å². The van der Waals surface area contributed by atoms with Crippen LogP contribution in [0, 0.1) is 5.82 Å². The van der Waals surface area contributed by atoms with Crippen molar-refractivity contribution in [3.8, 4) is 17.0 Å². The molecule has 0 saturated carbocycles. The molecule has 1 aliphatic rings. The molecule has 33 heavy (non-hydrogen) atoms. The van der Waals surface area contributed by atoms with E-state index in [0.29, 0.717) is 30.0 Å². The van der Waals surface area contributed by atoms with Crippen LogP contribution in [0.2, 0.25) is 0 Å². The molecule has 1 fully saturated rings. The molecule has 2 aromatic heterocycles. The third kappa shape index (κ3) is 4.29. The molecule has 7 nitrogen and oxygen atoms in total. The number of carboxylic acid groups (broad SMARTS) is 1. The number of pyridine rings is 1. The summed E-state index contributed by atoms with van der Waals surface area (Å²) in [5.74, 6) is -1.31. The van der Waals surface area contributed by atoms with Crippen molar-refractivity contribution in [1.82, 2.24) is 14.8 Å². The first-order valence-corrected chi connectivity index (χ1v) is 10.8. The number of aromatic carboxylic acids is 1. The lowest BCUT2D eigenvalue weighted by Gasteiger charge is -2.23. The molecule has 1 aliphatic heterocycles. The Bertz CT molecular complexity index is 1300. The van der Waals surface area contributed by atoms with Crippen molar-refractivity contribution in [2.75, 3.05) is 6.61 Å². The maximum atomic E-state index is 15.1. The largest absolute Gasteiger partial charge is 0.489 e. The van der Waals surface area contributed by atoms with Gasteiger partial charge in [0.05, 0.1) is 22.8 Å². The highest BCUT2D eigenvalue weighted by atomic mass is 19.1. The first kappa shape index (κ1) is 21.1. The highest BCUT2D eigenvalue weighted by Gasteiger charge is 2.23. The molecule has 1 unspecified atom stereocenters. The summed E-state index contributed by atoms with van der Waals surface area (Å²) in [4.78, 5) is 16.5. The van der Waals surface area contributed by atoms with Crippen LogP contribution < -0.4 is 4.74 Å². The van der Waals surface area contributed by atoms with Crippen LogP contribution in [-0.4, -0.2) is 32.4 Å². The Hall–Kier alpha value is -3.78. The molecule has 0 spiro atoms. The van der Waals surface area contributed by atoms with Gasteiger partial charge in [-0.15, -0.1) is 0 Å². The fourth-order valence-electron chi connectivity index (χ4n) is 3.99. The number of aromatic nitrogens is 3. The smallest absolute Gasteiger partial charge is 0.336 e. The Labute approximate surface area is 189 Å². The summed E-state index contributed by atoms with van der Waals surface area (Å²) < 4.78 is 28.2. The average molecular weight is 447 g/mol. The van der Waals surface area contributed by atoms with E-state index >= 15 is 4.39 Å². The molecule has 0 bridgehead atoms. The van der Waals surface area contributed by atoms with Crippen LogP contribution in [0.1, 0.15) is 41.4 Å². The second-order valence-corrected chi connectivity index (χ2v) is 7.92. The topological polar surface area (TPSA) is 86.5 Å². The second-order valence-electron chi connectivity index (χ2n) is 7.92. The molecule has 2 aromatic carbocycles. The van der Waals surface area contributed by atoms with Crippen LogP contribution in [0.4, 0.5) is 4.39 Å². The number of nitrogens with zero attached hydrogens (tertiary/aromatic N) is 3. The van der Waals surface area contributed by atoms with Crippen molar-refractivity contribution < 1.29 is 23.8 Å².